The first-order valence-electron chi connectivity index (χ1n) is 8.30. The zero-order valence-corrected chi connectivity index (χ0v) is 15.9. The Kier molecular flexibility index (Phi) is 6.47. The summed E-state index contributed by atoms with van der Waals surface area (Å²) in [5.41, 5.74) is -1.80. The lowest BCUT2D eigenvalue weighted by atomic mass is 9.78. The Morgan fingerprint density at radius 3 is 2.18 bits per heavy atom. The molecule has 10 nitrogen and oxygen atoms in total. The molecule has 0 aliphatic carbocycles. The third-order valence-electron chi connectivity index (χ3n) is 4.99. The number of ether oxygens (including phenoxy) is 4. The van der Waals surface area contributed by atoms with Crippen LogP contribution in [0.25, 0.3) is 0 Å². The minimum absolute atomic E-state index is 0.329. The average molecular weight is 397 g/mol. The second-order valence-corrected chi connectivity index (χ2v) is 6.21. The lowest BCUT2D eigenvalue weighted by Crippen LogP contribution is -2.58. The van der Waals surface area contributed by atoms with E-state index in [1.165, 1.54) is 14.2 Å². The Morgan fingerprint density at radius 2 is 1.71 bits per heavy atom. The van der Waals surface area contributed by atoms with Crippen molar-refractivity contribution < 1.29 is 43.5 Å². The van der Waals surface area contributed by atoms with Crippen LogP contribution in [0.4, 0.5) is 0 Å². The molecule has 1 aromatic rings. The van der Waals surface area contributed by atoms with Crippen molar-refractivity contribution in [3.8, 4) is 11.5 Å². The van der Waals surface area contributed by atoms with Crippen LogP contribution in [0.1, 0.15) is 11.6 Å². The molecule has 0 amide bonds. The van der Waals surface area contributed by atoms with Crippen LogP contribution in [0.2, 0.25) is 0 Å². The van der Waals surface area contributed by atoms with Crippen LogP contribution < -0.4 is 14.8 Å². The first-order valence-corrected chi connectivity index (χ1v) is 8.30. The molecular weight excluding hydrogens is 374 g/mol. The Bertz CT molecular complexity index is 765. The molecular formula is C18H23NO9. The summed E-state index contributed by atoms with van der Waals surface area (Å²) in [5, 5.41) is 22.5. The molecule has 1 aliphatic heterocycles. The molecule has 10 heteroatoms. The number of methoxy groups -OCH3 is 4. The fourth-order valence-corrected chi connectivity index (χ4v) is 3.60. The maximum Gasteiger partial charge on any atom is 0.327 e. The van der Waals surface area contributed by atoms with Gasteiger partial charge in [0.25, 0.3) is 0 Å². The molecule has 0 bridgehead atoms. The minimum Gasteiger partial charge on any atom is -0.497 e. The van der Waals surface area contributed by atoms with Gasteiger partial charge in [0.2, 0.25) is 0 Å². The molecule has 1 heterocycles. The van der Waals surface area contributed by atoms with Crippen LogP contribution in [-0.2, 0) is 23.9 Å². The smallest absolute Gasteiger partial charge is 0.327 e. The second-order valence-electron chi connectivity index (χ2n) is 6.21. The lowest BCUT2D eigenvalue weighted by molar-refractivity contribution is -0.164. The van der Waals surface area contributed by atoms with Crippen LogP contribution >= 0.6 is 0 Å². The summed E-state index contributed by atoms with van der Waals surface area (Å²) in [6.45, 7) is -0.960. The molecule has 154 valence electrons. The van der Waals surface area contributed by atoms with Crippen molar-refractivity contribution in [2.24, 2.45) is 11.8 Å². The van der Waals surface area contributed by atoms with E-state index in [1.807, 2.05) is 0 Å². The third kappa shape index (κ3) is 3.36. The monoisotopic (exact) mass is 397 g/mol. The number of rotatable bonds is 7. The summed E-state index contributed by atoms with van der Waals surface area (Å²) < 4.78 is 20.1. The van der Waals surface area contributed by atoms with Gasteiger partial charge in [0.15, 0.2) is 5.54 Å². The molecule has 1 aromatic carbocycles. The van der Waals surface area contributed by atoms with E-state index in [1.54, 1.807) is 18.2 Å². The van der Waals surface area contributed by atoms with E-state index in [0.717, 1.165) is 14.2 Å². The molecule has 1 saturated heterocycles. The highest BCUT2D eigenvalue weighted by molar-refractivity contribution is 5.93. The molecule has 3 N–H and O–H groups in total. The van der Waals surface area contributed by atoms with Crippen LogP contribution in [0, 0.1) is 11.8 Å². The number of carboxylic acid groups (broad SMARTS) is 1. The molecule has 0 aromatic heterocycles. The number of hydrogen-bond acceptors (Lipinski definition) is 9. The molecule has 0 spiro atoms. The zero-order valence-electron chi connectivity index (χ0n) is 15.9. The van der Waals surface area contributed by atoms with E-state index in [9.17, 15) is 24.6 Å². The van der Waals surface area contributed by atoms with Crippen molar-refractivity contribution in [3.05, 3.63) is 23.8 Å². The van der Waals surface area contributed by atoms with Crippen LogP contribution in [0.5, 0.6) is 11.5 Å². The van der Waals surface area contributed by atoms with Gasteiger partial charge in [0.05, 0.1) is 47.0 Å². The minimum atomic E-state index is -2.16. The largest absolute Gasteiger partial charge is 0.497 e. The lowest BCUT2D eigenvalue weighted by Gasteiger charge is -2.28. The van der Waals surface area contributed by atoms with Crippen molar-refractivity contribution >= 4 is 17.9 Å². The highest BCUT2D eigenvalue weighted by Gasteiger charge is 2.64. The van der Waals surface area contributed by atoms with E-state index in [0.29, 0.717) is 17.1 Å². The SMILES string of the molecule is COC(=O)[C@@H]1[C@@H](c2cc(OC)ccc2OC)NC(CO)(C(=O)O)[C@H]1C(=O)OC. The van der Waals surface area contributed by atoms with Gasteiger partial charge in [0, 0.05) is 5.56 Å². The van der Waals surface area contributed by atoms with Crippen LogP contribution in [0.15, 0.2) is 18.2 Å². The van der Waals surface area contributed by atoms with Crippen molar-refractivity contribution in [2.75, 3.05) is 35.0 Å². The molecule has 1 unspecified atom stereocenters. The first kappa shape index (κ1) is 21.5. The number of carbonyl (C=O) groups is 3. The molecule has 1 fully saturated rings. The second kappa shape index (κ2) is 8.44. The molecule has 1 aliphatic rings. The summed E-state index contributed by atoms with van der Waals surface area (Å²) in [7, 11) is 5.04. The summed E-state index contributed by atoms with van der Waals surface area (Å²) in [4.78, 5) is 37.1. The predicted octanol–water partition coefficient (Wildman–Crippen LogP) is -0.258. The number of carboxylic acids is 1. The Labute approximate surface area is 161 Å². The van der Waals surface area contributed by atoms with Gasteiger partial charge in [-0.05, 0) is 18.2 Å². The van der Waals surface area contributed by atoms with Gasteiger partial charge in [-0.15, -0.1) is 0 Å². The number of carbonyl (C=O) groups excluding carboxylic acids is 2. The van der Waals surface area contributed by atoms with Crippen molar-refractivity contribution in [2.45, 2.75) is 11.6 Å². The predicted molar refractivity (Wildman–Crippen MR) is 93.9 cm³/mol. The highest BCUT2D eigenvalue weighted by Crippen LogP contribution is 2.47. The Hall–Kier alpha value is -2.85. The molecule has 2 rings (SSSR count). The maximum atomic E-state index is 12.6. The number of hydrogen-bond donors (Lipinski definition) is 3. The van der Waals surface area contributed by atoms with Gasteiger partial charge in [-0.1, -0.05) is 0 Å². The Morgan fingerprint density at radius 1 is 1.07 bits per heavy atom. The number of esters is 2. The standard InChI is InChI=1S/C18H23NO9/c1-25-9-5-6-11(26-2)10(7-9)14-12(15(21)27-3)13(16(22)28-4)18(8-20,19-14)17(23)24/h5-7,12-14,19-20H,8H2,1-4H3,(H,23,24)/t12-,13+,14+,18?/m0/s1. The summed E-state index contributed by atoms with van der Waals surface area (Å²) in [6, 6.07) is 3.72. The number of nitrogens with one attached hydrogen (secondary N) is 1. The van der Waals surface area contributed by atoms with E-state index in [4.69, 9.17) is 18.9 Å². The first-order chi connectivity index (χ1) is 13.3. The number of aliphatic hydroxyl groups excluding tert-OH is 1. The summed E-state index contributed by atoms with van der Waals surface area (Å²) in [5.74, 6) is -5.42. The molecule has 28 heavy (non-hydrogen) atoms. The molecule has 0 radical (unpaired) electrons. The fourth-order valence-electron chi connectivity index (χ4n) is 3.60. The normalized spacial score (nSPS) is 26.4. The van der Waals surface area contributed by atoms with E-state index >= 15 is 0 Å². The number of benzene rings is 1. The van der Waals surface area contributed by atoms with Gasteiger partial charge in [-0.25, -0.2) is 0 Å². The van der Waals surface area contributed by atoms with Gasteiger partial charge >= 0.3 is 17.9 Å². The Balaban J connectivity index is 2.74. The van der Waals surface area contributed by atoms with Crippen molar-refractivity contribution in [1.29, 1.82) is 0 Å². The number of aliphatic carboxylic acids is 1. The van der Waals surface area contributed by atoms with Gasteiger partial charge < -0.3 is 29.2 Å². The number of aliphatic hydroxyl groups is 1. The zero-order chi connectivity index (χ0) is 21.1. The molecule has 0 saturated carbocycles. The maximum absolute atomic E-state index is 12.6. The third-order valence-corrected chi connectivity index (χ3v) is 4.99. The van der Waals surface area contributed by atoms with Crippen molar-refractivity contribution in [3.63, 3.8) is 0 Å². The molecule has 4 atom stereocenters. The van der Waals surface area contributed by atoms with Crippen molar-refractivity contribution in [1.82, 2.24) is 5.32 Å². The van der Waals surface area contributed by atoms with Gasteiger partial charge in [-0.2, -0.15) is 0 Å². The van der Waals surface area contributed by atoms with Crippen LogP contribution in [-0.4, -0.2) is 68.7 Å². The quantitative estimate of drug-likeness (QED) is 0.527. The van der Waals surface area contributed by atoms with Gasteiger partial charge in [0.1, 0.15) is 17.4 Å². The van der Waals surface area contributed by atoms with E-state index < -0.39 is 47.9 Å². The van der Waals surface area contributed by atoms with E-state index in [-0.39, 0.29) is 0 Å². The van der Waals surface area contributed by atoms with Gasteiger partial charge in [-0.3, -0.25) is 19.7 Å². The fraction of sp³-hybridized carbons (Fsp3) is 0.500. The van der Waals surface area contributed by atoms with Crippen LogP contribution in [0.3, 0.4) is 0 Å². The summed E-state index contributed by atoms with van der Waals surface area (Å²) in [6.07, 6.45) is 0. The van der Waals surface area contributed by atoms with E-state index in [2.05, 4.69) is 5.32 Å². The highest BCUT2D eigenvalue weighted by atomic mass is 16.5. The summed E-state index contributed by atoms with van der Waals surface area (Å²) >= 11 is 0. The topological polar surface area (TPSA) is 141 Å². The average Bonchev–Trinajstić information content (AvgIpc) is 3.08.